The topological polar surface area (TPSA) is 24.5 Å². The highest BCUT2D eigenvalue weighted by Gasteiger charge is 2.24. The lowest BCUT2D eigenvalue weighted by atomic mass is 10.1. The second-order valence-electron chi connectivity index (χ2n) is 5.23. The molecule has 0 aliphatic carbocycles. The van der Waals surface area contributed by atoms with Gasteiger partial charge in [-0.2, -0.15) is 0 Å². The summed E-state index contributed by atoms with van der Waals surface area (Å²) in [6, 6.07) is 1.16. The van der Waals surface area contributed by atoms with E-state index in [2.05, 4.69) is 37.9 Å². The van der Waals surface area contributed by atoms with Crippen molar-refractivity contribution in [3.8, 4) is 0 Å². The number of rotatable bonds is 6. The Morgan fingerprint density at radius 1 is 1.35 bits per heavy atom. The first-order valence-electron chi connectivity index (χ1n) is 7.28. The van der Waals surface area contributed by atoms with Crippen LogP contribution in [0.4, 0.5) is 0 Å². The van der Waals surface area contributed by atoms with Crippen molar-refractivity contribution in [3.63, 3.8) is 0 Å². The van der Waals surface area contributed by atoms with Crippen LogP contribution in [0, 0.1) is 0 Å². The average molecular weight is 242 g/mol. The van der Waals surface area contributed by atoms with Gasteiger partial charge in [-0.25, -0.2) is 0 Å². The van der Waals surface area contributed by atoms with Gasteiger partial charge in [0.15, 0.2) is 0 Å². The molecule has 0 bridgehead atoms. The van der Waals surface area contributed by atoms with Crippen LogP contribution in [-0.4, -0.2) is 49.3 Å². The Kier molecular flexibility index (Phi) is 7.09. The van der Waals surface area contributed by atoms with E-state index in [9.17, 15) is 0 Å². The zero-order valence-corrected chi connectivity index (χ0v) is 12.0. The maximum Gasteiger partial charge on any atom is 0.0699 e. The molecule has 1 N–H and O–H groups in total. The molecule has 3 atom stereocenters. The molecule has 3 nitrogen and oxygen atoms in total. The molecule has 102 valence electrons. The lowest BCUT2D eigenvalue weighted by Gasteiger charge is -2.33. The Morgan fingerprint density at radius 3 is 2.76 bits per heavy atom. The summed E-state index contributed by atoms with van der Waals surface area (Å²) in [4.78, 5) is 2.59. The van der Waals surface area contributed by atoms with Crippen LogP contribution in [0.25, 0.3) is 0 Å². The third-order valence-electron chi connectivity index (χ3n) is 3.85. The fourth-order valence-corrected chi connectivity index (χ4v) is 2.40. The molecule has 1 saturated heterocycles. The summed E-state index contributed by atoms with van der Waals surface area (Å²) >= 11 is 0. The minimum Gasteiger partial charge on any atom is -0.377 e. The minimum atomic E-state index is 0.429. The molecule has 3 heteroatoms. The van der Waals surface area contributed by atoms with E-state index in [4.69, 9.17) is 4.74 Å². The third kappa shape index (κ3) is 4.94. The van der Waals surface area contributed by atoms with Crippen LogP contribution in [0.15, 0.2) is 0 Å². The summed E-state index contributed by atoms with van der Waals surface area (Å²) in [7, 11) is 0. The quantitative estimate of drug-likeness (QED) is 0.773. The lowest BCUT2D eigenvalue weighted by Crippen LogP contribution is -2.49. The van der Waals surface area contributed by atoms with E-state index in [0.717, 1.165) is 26.1 Å². The molecule has 0 saturated carbocycles. The maximum atomic E-state index is 5.83. The number of hydrogen-bond donors (Lipinski definition) is 1. The normalized spacial score (nSPS) is 26.5. The molecule has 0 aromatic carbocycles. The van der Waals surface area contributed by atoms with Crippen molar-refractivity contribution in [2.45, 2.75) is 65.1 Å². The average Bonchev–Trinajstić information content (AvgIpc) is 2.60. The van der Waals surface area contributed by atoms with Crippen LogP contribution in [0.3, 0.4) is 0 Å². The molecule has 0 spiro atoms. The standard InChI is InChI=1S/C14H30N2O/c1-5-8-15-12(3)13(4)16-9-7-10-17-14(6-2)11-16/h12-15H,5-11H2,1-4H3. The van der Waals surface area contributed by atoms with Crippen LogP contribution in [0.2, 0.25) is 0 Å². The van der Waals surface area contributed by atoms with Crippen molar-refractivity contribution >= 4 is 0 Å². The van der Waals surface area contributed by atoms with Crippen molar-refractivity contribution in [2.75, 3.05) is 26.2 Å². The zero-order valence-electron chi connectivity index (χ0n) is 12.0. The van der Waals surface area contributed by atoms with Crippen LogP contribution in [0.5, 0.6) is 0 Å². The van der Waals surface area contributed by atoms with Crippen molar-refractivity contribution in [2.24, 2.45) is 0 Å². The van der Waals surface area contributed by atoms with Gasteiger partial charge in [-0.05, 0) is 39.7 Å². The number of nitrogens with one attached hydrogen (secondary N) is 1. The number of hydrogen-bond acceptors (Lipinski definition) is 3. The summed E-state index contributed by atoms with van der Waals surface area (Å²) < 4.78 is 5.83. The van der Waals surface area contributed by atoms with Gasteiger partial charge in [-0.1, -0.05) is 13.8 Å². The Bertz CT molecular complexity index is 199. The highest BCUT2D eigenvalue weighted by atomic mass is 16.5. The summed E-state index contributed by atoms with van der Waals surface area (Å²) in [5, 5.41) is 3.60. The van der Waals surface area contributed by atoms with Crippen molar-refractivity contribution in [3.05, 3.63) is 0 Å². The van der Waals surface area contributed by atoms with Gasteiger partial charge in [-0.3, -0.25) is 4.90 Å². The predicted molar refractivity (Wildman–Crippen MR) is 73.4 cm³/mol. The Morgan fingerprint density at radius 2 is 2.12 bits per heavy atom. The largest absolute Gasteiger partial charge is 0.377 e. The lowest BCUT2D eigenvalue weighted by molar-refractivity contribution is 0.0440. The molecule has 1 heterocycles. The van der Waals surface area contributed by atoms with E-state index >= 15 is 0 Å². The Hall–Kier alpha value is -0.120. The van der Waals surface area contributed by atoms with Crippen LogP contribution >= 0.6 is 0 Å². The Labute approximate surface area is 107 Å². The highest BCUT2D eigenvalue weighted by Crippen LogP contribution is 2.13. The molecule has 1 aliphatic rings. The van der Waals surface area contributed by atoms with Gasteiger partial charge in [0.05, 0.1) is 6.10 Å². The zero-order chi connectivity index (χ0) is 12.7. The number of nitrogens with zero attached hydrogens (tertiary/aromatic N) is 1. The van der Waals surface area contributed by atoms with Crippen LogP contribution in [0.1, 0.15) is 47.0 Å². The first-order chi connectivity index (χ1) is 8.19. The second kappa shape index (κ2) is 8.06. The number of ether oxygens (including phenoxy) is 1. The van der Waals surface area contributed by atoms with Gasteiger partial charge >= 0.3 is 0 Å². The molecule has 3 unspecified atom stereocenters. The van der Waals surface area contributed by atoms with Gasteiger partial charge < -0.3 is 10.1 Å². The molecule has 0 amide bonds. The first kappa shape index (κ1) is 14.9. The summed E-state index contributed by atoms with van der Waals surface area (Å²) in [6.45, 7) is 13.4. The fraction of sp³-hybridized carbons (Fsp3) is 1.00. The van der Waals surface area contributed by atoms with Gasteiger partial charge in [0.1, 0.15) is 0 Å². The maximum absolute atomic E-state index is 5.83. The molecule has 17 heavy (non-hydrogen) atoms. The van der Waals surface area contributed by atoms with E-state index < -0.39 is 0 Å². The second-order valence-corrected chi connectivity index (χ2v) is 5.23. The van der Waals surface area contributed by atoms with E-state index in [1.165, 1.54) is 19.4 Å². The predicted octanol–water partition coefficient (Wildman–Crippen LogP) is 2.26. The molecule has 0 aromatic rings. The summed E-state index contributed by atoms with van der Waals surface area (Å²) in [5.74, 6) is 0. The highest BCUT2D eigenvalue weighted by molar-refractivity contribution is 4.81. The molecular weight excluding hydrogens is 212 g/mol. The van der Waals surface area contributed by atoms with Crippen molar-refractivity contribution < 1.29 is 4.74 Å². The summed E-state index contributed by atoms with van der Waals surface area (Å²) in [5.41, 5.74) is 0. The van der Waals surface area contributed by atoms with Gasteiger partial charge in [-0.15, -0.1) is 0 Å². The SMILES string of the molecule is CCCNC(C)C(C)N1CCCOC(CC)C1. The smallest absolute Gasteiger partial charge is 0.0699 e. The van der Waals surface area contributed by atoms with Crippen LogP contribution < -0.4 is 5.32 Å². The molecule has 0 aromatic heterocycles. The van der Waals surface area contributed by atoms with Crippen molar-refractivity contribution in [1.29, 1.82) is 0 Å². The molecule has 1 rings (SSSR count). The van der Waals surface area contributed by atoms with Crippen LogP contribution in [-0.2, 0) is 4.74 Å². The van der Waals surface area contributed by atoms with Gasteiger partial charge in [0.25, 0.3) is 0 Å². The van der Waals surface area contributed by atoms with E-state index in [1.807, 2.05) is 0 Å². The van der Waals surface area contributed by atoms with E-state index in [-0.39, 0.29) is 0 Å². The molecule has 0 radical (unpaired) electrons. The molecule has 1 aliphatic heterocycles. The van der Waals surface area contributed by atoms with Crippen molar-refractivity contribution in [1.82, 2.24) is 10.2 Å². The van der Waals surface area contributed by atoms with E-state index in [1.54, 1.807) is 0 Å². The third-order valence-corrected chi connectivity index (χ3v) is 3.85. The van der Waals surface area contributed by atoms with Gasteiger partial charge in [0.2, 0.25) is 0 Å². The summed E-state index contributed by atoms with van der Waals surface area (Å²) in [6.07, 6.45) is 3.93. The minimum absolute atomic E-state index is 0.429. The van der Waals surface area contributed by atoms with E-state index in [0.29, 0.717) is 18.2 Å². The molecule has 1 fully saturated rings. The first-order valence-corrected chi connectivity index (χ1v) is 7.28. The molecular formula is C14H30N2O. The monoisotopic (exact) mass is 242 g/mol. The van der Waals surface area contributed by atoms with Gasteiger partial charge in [0, 0.05) is 31.8 Å². The Balaban J connectivity index is 2.44. The fourth-order valence-electron chi connectivity index (χ4n) is 2.40.